The molecular weight excluding hydrogens is 501 g/mol. The average Bonchev–Trinajstić information content (AvgIpc) is 3.55. The van der Waals surface area contributed by atoms with Gasteiger partial charge in [0.25, 0.3) is 11.7 Å². The first kappa shape index (κ1) is 25.8. The maximum absolute atomic E-state index is 13.5. The van der Waals surface area contributed by atoms with Gasteiger partial charge in [-0.2, -0.15) is 0 Å². The van der Waals surface area contributed by atoms with Crippen LogP contribution in [-0.2, 0) is 22.7 Å². The summed E-state index contributed by atoms with van der Waals surface area (Å²) in [4.78, 5) is 27.8. The lowest BCUT2D eigenvalue weighted by Crippen LogP contribution is -2.29. The van der Waals surface area contributed by atoms with Crippen LogP contribution in [0.4, 0.5) is 4.39 Å². The molecule has 0 saturated carbocycles. The molecule has 1 amide bonds. The topological polar surface area (TPSA) is 89.2 Å². The van der Waals surface area contributed by atoms with Crippen molar-refractivity contribution in [2.75, 3.05) is 6.61 Å². The Morgan fingerprint density at radius 3 is 2.41 bits per heavy atom. The molecule has 0 radical (unpaired) electrons. The first-order valence-electron chi connectivity index (χ1n) is 12.5. The van der Waals surface area contributed by atoms with Crippen LogP contribution in [0, 0.1) is 5.82 Å². The minimum Gasteiger partial charge on any atom is -0.507 e. The number of hydrogen-bond acceptors (Lipinski definition) is 6. The van der Waals surface area contributed by atoms with Gasteiger partial charge in [-0.3, -0.25) is 9.59 Å². The fraction of sp³-hybridized carbons (Fsp3) is 0.161. The van der Waals surface area contributed by atoms with Crippen molar-refractivity contribution in [2.24, 2.45) is 0 Å². The van der Waals surface area contributed by atoms with E-state index in [1.807, 2.05) is 37.3 Å². The minimum absolute atomic E-state index is 0.00132. The molecule has 7 nitrogen and oxygen atoms in total. The van der Waals surface area contributed by atoms with Gasteiger partial charge >= 0.3 is 0 Å². The number of likely N-dealkylation sites (tertiary alicyclic amines) is 1. The molecule has 0 spiro atoms. The Kier molecular flexibility index (Phi) is 7.45. The van der Waals surface area contributed by atoms with E-state index in [1.165, 1.54) is 35.4 Å². The molecule has 39 heavy (non-hydrogen) atoms. The van der Waals surface area contributed by atoms with Crippen molar-refractivity contribution < 1.29 is 33.0 Å². The second-order valence-corrected chi connectivity index (χ2v) is 8.93. The van der Waals surface area contributed by atoms with Gasteiger partial charge in [0, 0.05) is 5.56 Å². The molecule has 1 aliphatic rings. The van der Waals surface area contributed by atoms with Gasteiger partial charge in [-0.25, -0.2) is 4.39 Å². The van der Waals surface area contributed by atoms with E-state index in [0.717, 1.165) is 5.56 Å². The van der Waals surface area contributed by atoms with Crippen molar-refractivity contribution in [3.8, 4) is 11.5 Å². The molecule has 1 aromatic heterocycles. The molecule has 0 bridgehead atoms. The molecule has 4 aromatic rings. The zero-order chi connectivity index (χ0) is 27.4. The fourth-order valence-corrected chi connectivity index (χ4v) is 4.54. The largest absolute Gasteiger partial charge is 0.507 e. The minimum atomic E-state index is -0.956. The van der Waals surface area contributed by atoms with Crippen LogP contribution >= 0.6 is 0 Å². The number of benzene rings is 3. The van der Waals surface area contributed by atoms with Crippen LogP contribution in [0.15, 0.2) is 101 Å². The Bertz CT molecular complexity index is 1500. The molecule has 1 N–H and O–H groups in total. The number of ketones is 1. The third-order valence-corrected chi connectivity index (χ3v) is 6.38. The molecule has 198 valence electrons. The monoisotopic (exact) mass is 527 g/mol. The summed E-state index contributed by atoms with van der Waals surface area (Å²) in [5.74, 6) is -1.14. The smallest absolute Gasteiger partial charge is 0.296 e. The van der Waals surface area contributed by atoms with Crippen LogP contribution < -0.4 is 9.47 Å². The molecule has 1 unspecified atom stereocenters. The van der Waals surface area contributed by atoms with Crippen LogP contribution in [0.5, 0.6) is 11.5 Å². The van der Waals surface area contributed by atoms with Crippen molar-refractivity contribution in [1.82, 2.24) is 4.90 Å². The van der Waals surface area contributed by atoms with Crippen molar-refractivity contribution in [2.45, 2.75) is 26.1 Å². The van der Waals surface area contributed by atoms with E-state index in [0.29, 0.717) is 36.0 Å². The van der Waals surface area contributed by atoms with Crippen LogP contribution in [0.3, 0.4) is 0 Å². The summed E-state index contributed by atoms with van der Waals surface area (Å²) in [6.07, 6.45) is 1.48. The predicted octanol–water partition coefficient (Wildman–Crippen LogP) is 6.02. The second-order valence-electron chi connectivity index (χ2n) is 8.93. The van der Waals surface area contributed by atoms with Gasteiger partial charge in [-0.15, -0.1) is 0 Å². The van der Waals surface area contributed by atoms with Crippen molar-refractivity contribution >= 4 is 17.4 Å². The summed E-state index contributed by atoms with van der Waals surface area (Å²) in [6, 6.07) is 22.3. The van der Waals surface area contributed by atoms with Crippen LogP contribution in [-0.4, -0.2) is 28.3 Å². The Morgan fingerprint density at radius 1 is 0.949 bits per heavy atom. The maximum atomic E-state index is 13.5. The Hall–Kier alpha value is -4.85. The average molecular weight is 528 g/mol. The molecule has 5 rings (SSSR count). The van der Waals surface area contributed by atoms with Crippen LogP contribution in [0.2, 0.25) is 0 Å². The molecule has 2 heterocycles. The number of halogens is 1. The third kappa shape index (κ3) is 5.40. The van der Waals surface area contributed by atoms with E-state index in [4.69, 9.17) is 13.9 Å². The summed E-state index contributed by atoms with van der Waals surface area (Å²) in [7, 11) is 0. The lowest BCUT2D eigenvalue weighted by Gasteiger charge is -2.25. The van der Waals surface area contributed by atoms with E-state index in [9.17, 15) is 19.1 Å². The van der Waals surface area contributed by atoms with Crippen LogP contribution in [0.1, 0.15) is 35.4 Å². The number of aliphatic hydroxyl groups excluding tert-OH is 1. The maximum Gasteiger partial charge on any atom is 0.296 e. The van der Waals surface area contributed by atoms with Crippen LogP contribution in [0.25, 0.3) is 5.76 Å². The van der Waals surface area contributed by atoms with Gasteiger partial charge in [0.15, 0.2) is 11.5 Å². The number of amides is 1. The van der Waals surface area contributed by atoms with Gasteiger partial charge in [-0.1, -0.05) is 36.4 Å². The van der Waals surface area contributed by atoms with Gasteiger partial charge in [0.2, 0.25) is 0 Å². The number of carbonyl (C=O) groups excluding carboxylic acids is 2. The van der Waals surface area contributed by atoms with Gasteiger partial charge in [0.05, 0.1) is 31.0 Å². The summed E-state index contributed by atoms with van der Waals surface area (Å²) in [5.41, 5.74) is 1.61. The number of hydrogen-bond donors (Lipinski definition) is 1. The van der Waals surface area contributed by atoms with E-state index in [1.54, 1.807) is 30.3 Å². The zero-order valence-corrected chi connectivity index (χ0v) is 21.2. The van der Waals surface area contributed by atoms with Crippen molar-refractivity contribution in [3.63, 3.8) is 0 Å². The van der Waals surface area contributed by atoms with Gasteiger partial charge in [-0.05, 0) is 66.6 Å². The van der Waals surface area contributed by atoms with E-state index in [2.05, 4.69) is 0 Å². The standard InChI is InChI=1S/C31H26FNO6/c1-2-37-26-17-22(12-15-25(26)39-19-20-7-4-3-5-8-20)28-27(29(34)21-10-13-23(32)14-11-21)30(35)31(36)33(28)18-24-9-6-16-38-24/h3-17,28,34H,2,18-19H2,1H3. The molecule has 1 aliphatic heterocycles. The molecular formula is C31H26FNO6. The number of Topliss-reactive ketones (excluding diaryl/α,β-unsaturated/α-hetero) is 1. The molecule has 1 fully saturated rings. The second kappa shape index (κ2) is 11.3. The number of carbonyl (C=O) groups is 2. The first-order chi connectivity index (χ1) is 19.0. The van der Waals surface area contributed by atoms with Crippen molar-refractivity contribution in [1.29, 1.82) is 0 Å². The fourth-order valence-electron chi connectivity index (χ4n) is 4.54. The quantitative estimate of drug-likeness (QED) is 0.163. The summed E-state index contributed by atoms with van der Waals surface area (Å²) in [6.45, 7) is 2.51. The highest BCUT2D eigenvalue weighted by Gasteiger charge is 2.46. The molecule has 8 heteroatoms. The Labute approximate surface area is 224 Å². The zero-order valence-electron chi connectivity index (χ0n) is 21.2. The SMILES string of the molecule is CCOc1cc(C2C(=C(O)c3ccc(F)cc3)C(=O)C(=O)N2Cc2ccco2)ccc1OCc1ccccc1. The van der Waals surface area contributed by atoms with Gasteiger partial charge < -0.3 is 23.9 Å². The van der Waals surface area contributed by atoms with E-state index < -0.39 is 29.3 Å². The summed E-state index contributed by atoms with van der Waals surface area (Å²) < 4.78 is 30.9. The third-order valence-electron chi connectivity index (χ3n) is 6.38. The Morgan fingerprint density at radius 2 is 1.72 bits per heavy atom. The number of nitrogens with zero attached hydrogens (tertiary/aromatic N) is 1. The normalized spacial score (nSPS) is 16.5. The molecule has 0 aliphatic carbocycles. The highest BCUT2D eigenvalue weighted by Crippen LogP contribution is 2.43. The number of furan rings is 1. The number of aliphatic hydroxyl groups is 1. The first-order valence-corrected chi connectivity index (χ1v) is 12.5. The van der Waals surface area contributed by atoms with Gasteiger partial charge in [0.1, 0.15) is 23.9 Å². The van der Waals surface area contributed by atoms with Crippen molar-refractivity contribution in [3.05, 3.63) is 125 Å². The van der Waals surface area contributed by atoms with E-state index in [-0.39, 0.29) is 17.7 Å². The summed E-state index contributed by atoms with van der Waals surface area (Å²) in [5, 5.41) is 11.2. The Balaban J connectivity index is 1.58. The molecule has 1 saturated heterocycles. The lowest BCUT2D eigenvalue weighted by atomic mass is 9.95. The number of rotatable bonds is 9. The highest BCUT2D eigenvalue weighted by molar-refractivity contribution is 6.46. The molecule has 3 aromatic carbocycles. The van der Waals surface area contributed by atoms with E-state index >= 15 is 0 Å². The highest BCUT2D eigenvalue weighted by atomic mass is 19.1. The summed E-state index contributed by atoms with van der Waals surface area (Å²) >= 11 is 0. The molecule has 1 atom stereocenters. The number of ether oxygens (including phenoxy) is 2. The predicted molar refractivity (Wildman–Crippen MR) is 141 cm³/mol. The lowest BCUT2D eigenvalue weighted by molar-refractivity contribution is -0.140.